The lowest BCUT2D eigenvalue weighted by atomic mass is 9.97. The molecule has 2 saturated heterocycles. The highest BCUT2D eigenvalue weighted by Crippen LogP contribution is 2.40. The Balaban J connectivity index is 1.13. The van der Waals surface area contributed by atoms with Gasteiger partial charge in [0.05, 0.1) is 27.4 Å². The van der Waals surface area contributed by atoms with E-state index in [0.717, 1.165) is 36.2 Å². The molecule has 0 saturated carbocycles. The van der Waals surface area contributed by atoms with Crippen LogP contribution in [0.25, 0.3) is 17.3 Å². The van der Waals surface area contributed by atoms with Gasteiger partial charge < -0.3 is 10.2 Å². The number of amides is 2. The highest BCUT2D eigenvalue weighted by Gasteiger charge is 2.38. The van der Waals surface area contributed by atoms with Crippen molar-refractivity contribution in [3.05, 3.63) is 76.1 Å². The number of hydrogen-bond donors (Lipinski definition) is 2. The van der Waals surface area contributed by atoms with E-state index in [0.29, 0.717) is 49.8 Å². The van der Waals surface area contributed by atoms with Gasteiger partial charge in [-0.3, -0.25) is 19.9 Å². The fraction of sp³-hybridized carbons (Fsp3) is 0.321. The van der Waals surface area contributed by atoms with Gasteiger partial charge in [0.2, 0.25) is 5.95 Å². The van der Waals surface area contributed by atoms with Crippen LogP contribution in [-0.4, -0.2) is 45.7 Å². The average Bonchev–Trinajstić information content (AvgIpc) is 3.28. The highest BCUT2D eigenvalue weighted by atomic mass is 32.2. The zero-order chi connectivity index (χ0) is 30.8. The summed E-state index contributed by atoms with van der Waals surface area (Å²) in [6.45, 7) is 2.54. The zero-order valence-electron chi connectivity index (χ0n) is 22.3. The minimum atomic E-state index is -4.98. The number of carbonyl (C=O) groups excluding carboxylic acids is 2. The summed E-state index contributed by atoms with van der Waals surface area (Å²) in [7, 11) is 0. The van der Waals surface area contributed by atoms with Crippen LogP contribution < -0.4 is 15.5 Å². The normalized spacial score (nSPS) is 17.5. The van der Waals surface area contributed by atoms with E-state index in [1.54, 1.807) is 24.4 Å². The summed E-state index contributed by atoms with van der Waals surface area (Å²) in [5.74, 6) is 0.438. The highest BCUT2D eigenvalue weighted by molar-refractivity contribution is 8.18. The number of thioether (sulfide) groups is 1. The Kier molecular flexibility index (Phi) is 8.74. The van der Waals surface area contributed by atoms with Gasteiger partial charge in [-0.25, -0.2) is 9.97 Å². The summed E-state index contributed by atoms with van der Waals surface area (Å²) in [4.78, 5) is 38.4. The summed E-state index contributed by atoms with van der Waals surface area (Å²) in [5.41, 5.74) is -2.01. The first-order chi connectivity index (χ1) is 20.4. The van der Waals surface area contributed by atoms with Gasteiger partial charge in [0.1, 0.15) is 0 Å². The summed E-state index contributed by atoms with van der Waals surface area (Å²) in [6, 6.07) is 6.14. The SMILES string of the molecule is O=C1NC(=O)C(=Cc2ccnc(N3CCC(CNCc4ccc(-c5ccc(C(F)(F)F)cc5C(F)(F)F)nc4)CC3)n2)S1. The van der Waals surface area contributed by atoms with Gasteiger partial charge in [0, 0.05) is 37.6 Å². The molecule has 2 aromatic heterocycles. The molecular weight excluding hydrogens is 598 g/mol. The summed E-state index contributed by atoms with van der Waals surface area (Å²) < 4.78 is 79.5. The first-order valence-corrected chi connectivity index (χ1v) is 14.0. The molecule has 43 heavy (non-hydrogen) atoms. The van der Waals surface area contributed by atoms with Crippen LogP contribution in [0.5, 0.6) is 0 Å². The first kappa shape index (κ1) is 30.5. The second kappa shape index (κ2) is 12.3. The van der Waals surface area contributed by atoms with E-state index in [2.05, 4.69) is 25.6 Å². The standard InChI is InChI=1S/C28H24F6N6O2S/c29-27(30,31)18-2-3-20(21(11-18)28(32,33)34)22-4-1-17(15-37-22)14-35-13-16-6-9-40(10-7-16)25-36-8-5-19(38-25)12-23-24(41)39-26(42)43-23/h1-5,8,11-12,15-16,35H,6-7,9-10,13-14H2,(H,39,41,42). The van der Waals surface area contributed by atoms with Gasteiger partial charge in [-0.05, 0) is 73.0 Å². The van der Waals surface area contributed by atoms with Crippen molar-refractivity contribution in [2.75, 3.05) is 24.5 Å². The second-order valence-corrected chi connectivity index (χ2v) is 11.0. The predicted octanol–water partition coefficient (Wildman–Crippen LogP) is 5.91. The molecule has 0 atom stereocenters. The molecule has 2 amide bonds. The quantitative estimate of drug-likeness (QED) is 0.248. The Morgan fingerprint density at radius 2 is 1.77 bits per heavy atom. The molecule has 0 aliphatic carbocycles. The number of benzene rings is 1. The minimum Gasteiger partial charge on any atom is -0.341 e. The van der Waals surface area contributed by atoms with Crippen molar-refractivity contribution in [2.45, 2.75) is 31.7 Å². The van der Waals surface area contributed by atoms with Gasteiger partial charge in [0.25, 0.3) is 11.1 Å². The van der Waals surface area contributed by atoms with Crippen molar-refractivity contribution in [1.29, 1.82) is 0 Å². The molecule has 8 nitrogen and oxygen atoms in total. The molecule has 5 rings (SSSR count). The van der Waals surface area contributed by atoms with Crippen LogP contribution in [0, 0.1) is 5.92 Å². The smallest absolute Gasteiger partial charge is 0.341 e. The lowest BCUT2D eigenvalue weighted by molar-refractivity contribution is -0.142. The van der Waals surface area contributed by atoms with E-state index in [4.69, 9.17) is 0 Å². The van der Waals surface area contributed by atoms with Crippen LogP contribution >= 0.6 is 11.8 Å². The van der Waals surface area contributed by atoms with Crippen molar-refractivity contribution >= 4 is 34.9 Å². The van der Waals surface area contributed by atoms with Crippen molar-refractivity contribution in [3.8, 4) is 11.3 Å². The molecule has 0 radical (unpaired) electrons. The van der Waals surface area contributed by atoms with Crippen LogP contribution in [0.2, 0.25) is 0 Å². The lowest BCUT2D eigenvalue weighted by Gasteiger charge is -2.32. The molecule has 0 bridgehead atoms. The predicted molar refractivity (Wildman–Crippen MR) is 147 cm³/mol. The van der Waals surface area contributed by atoms with Crippen molar-refractivity contribution in [2.24, 2.45) is 5.92 Å². The molecular formula is C28H24F6N6O2S. The van der Waals surface area contributed by atoms with Crippen LogP contribution in [-0.2, 0) is 23.7 Å². The van der Waals surface area contributed by atoms with Crippen LogP contribution in [0.1, 0.15) is 35.2 Å². The van der Waals surface area contributed by atoms with Crippen molar-refractivity contribution < 1.29 is 35.9 Å². The lowest BCUT2D eigenvalue weighted by Crippen LogP contribution is -2.38. The number of anilines is 1. The number of pyridine rings is 1. The molecule has 2 aliphatic heterocycles. The molecule has 0 unspecified atom stereocenters. The zero-order valence-corrected chi connectivity index (χ0v) is 23.1. The van der Waals surface area contributed by atoms with E-state index < -0.39 is 40.2 Å². The summed E-state index contributed by atoms with van der Waals surface area (Å²) in [6.07, 6.45) is -3.59. The van der Waals surface area contributed by atoms with Crippen LogP contribution in [0.4, 0.5) is 37.1 Å². The number of nitrogens with one attached hydrogen (secondary N) is 2. The molecule has 4 heterocycles. The third-order valence-corrected chi connectivity index (χ3v) is 7.81. The number of rotatable bonds is 7. The molecule has 226 valence electrons. The van der Waals surface area contributed by atoms with Crippen molar-refractivity contribution in [1.82, 2.24) is 25.6 Å². The fourth-order valence-electron chi connectivity index (χ4n) is 4.77. The second-order valence-electron chi connectivity index (χ2n) is 10.0. The van der Waals surface area contributed by atoms with Gasteiger partial charge in [-0.2, -0.15) is 26.3 Å². The molecule has 2 N–H and O–H groups in total. The molecule has 3 aromatic rings. The average molecular weight is 623 g/mol. The number of imide groups is 1. The van der Waals surface area contributed by atoms with E-state index >= 15 is 0 Å². The monoisotopic (exact) mass is 622 g/mol. The first-order valence-electron chi connectivity index (χ1n) is 13.1. The molecule has 1 aromatic carbocycles. The Morgan fingerprint density at radius 3 is 2.40 bits per heavy atom. The van der Waals surface area contributed by atoms with Gasteiger partial charge in [-0.1, -0.05) is 12.1 Å². The number of halogens is 6. The largest absolute Gasteiger partial charge is 0.417 e. The number of aromatic nitrogens is 3. The Morgan fingerprint density at radius 1 is 1.00 bits per heavy atom. The summed E-state index contributed by atoms with van der Waals surface area (Å²) in [5, 5.41) is 5.11. The van der Waals surface area contributed by atoms with Gasteiger partial charge >= 0.3 is 12.4 Å². The van der Waals surface area contributed by atoms with Gasteiger partial charge in [-0.15, -0.1) is 0 Å². The van der Waals surface area contributed by atoms with Gasteiger partial charge in [0.15, 0.2) is 0 Å². The molecule has 2 fully saturated rings. The van der Waals surface area contributed by atoms with Crippen LogP contribution in [0.15, 0.2) is 53.7 Å². The molecule has 15 heteroatoms. The third-order valence-electron chi connectivity index (χ3n) is 7.00. The Hall–Kier alpha value is -3.98. The third kappa shape index (κ3) is 7.51. The van der Waals surface area contributed by atoms with E-state index in [-0.39, 0.29) is 16.7 Å². The van der Waals surface area contributed by atoms with E-state index in [9.17, 15) is 35.9 Å². The maximum absolute atomic E-state index is 13.5. The van der Waals surface area contributed by atoms with Crippen LogP contribution in [0.3, 0.4) is 0 Å². The number of carbonyl (C=O) groups is 2. The topological polar surface area (TPSA) is 100 Å². The number of piperidine rings is 1. The number of alkyl halides is 6. The van der Waals surface area contributed by atoms with Crippen molar-refractivity contribution in [3.63, 3.8) is 0 Å². The maximum Gasteiger partial charge on any atom is 0.417 e. The van der Waals surface area contributed by atoms with E-state index in [1.807, 2.05) is 4.90 Å². The fourth-order valence-corrected chi connectivity index (χ4v) is 5.44. The van der Waals surface area contributed by atoms with E-state index in [1.165, 1.54) is 12.3 Å². The molecule has 2 aliphatic rings. The Labute approximate surface area is 246 Å². The number of nitrogens with zero attached hydrogens (tertiary/aromatic N) is 4. The maximum atomic E-state index is 13.5. The minimum absolute atomic E-state index is 0.0709. The Bertz CT molecular complexity index is 1540. The summed E-state index contributed by atoms with van der Waals surface area (Å²) >= 11 is 0.820. The molecule has 0 spiro atoms. The number of hydrogen-bond acceptors (Lipinski definition) is 8.